The smallest absolute Gasteiger partial charge is 0.241 e. The van der Waals surface area contributed by atoms with Crippen LogP contribution >= 0.6 is 0 Å². The third kappa shape index (κ3) is 3.38. The lowest BCUT2D eigenvalue weighted by atomic mass is 9.80. The molecule has 3 aliphatic heterocycles. The molecule has 2 atom stereocenters. The van der Waals surface area contributed by atoms with Crippen molar-refractivity contribution in [2.24, 2.45) is 0 Å². The van der Waals surface area contributed by atoms with Crippen LogP contribution in [-0.2, 0) is 14.9 Å². The summed E-state index contributed by atoms with van der Waals surface area (Å²) < 4.78 is 11.0. The number of anilines is 3. The van der Waals surface area contributed by atoms with Crippen molar-refractivity contribution in [2.75, 3.05) is 62.0 Å². The van der Waals surface area contributed by atoms with Gasteiger partial charge in [0.1, 0.15) is 5.75 Å². The van der Waals surface area contributed by atoms with Crippen LogP contribution in [0.25, 0.3) is 0 Å². The Morgan fingerprint density at radius 1 is 1.20 bits per heavy atom. The van der Waals surface area contributed by atoms with Gasteiger partial charge in [-0.05, 0) is 30.2 Å². The van der Waals surface area contributed by atoms with E-state index in [0.29, 0.717) is 11.4 Å². The minimum atomic E-state index is -0.235. The van der Waals surface area contributed by atoms with Gasteiger partial charge < -0.3 is 30.3 Å². The molecule has 7 nitrogen and oxygen atoms in total. The molecule has 2 fully saturated rings. The van der Waals surface area contributed by atoms with E-state index in [1.54, 1.807) is 7.11 Å². The summed E-state index contributed by atoms with van der Waals surface area (Å²) in [6.07, 6.45) is 0.775. The quantitative estimate of drug-likeness (QED) is 0.720. The molecular weight excluding hydrogens is 380 g/mol. The number of ether oxygens (including phenoxy) is 2. The third-order valence-electron chi connectivity index (χ3n) is 6.53. The van der Waals surface area contributed by atoms with E-state index in [1.807, 2.05) is 24.3 Å². The van der Waals surface area contributed by atoms with E-state index in [-0.39, 0.29) is 17.4 Å². The Balaban J connectivity index is 1.29. The van der Waals surface area contributed by atoms with Crippen molar-refractivity contribution in [1.82, 2.24) is 5.32 Å². The fourth-order valence-corrected chi connectivity index (χ4v) is 4.86. The number of hydrogen-bond acceptors (Lipinski definition) is 6. The number of methoxy groups -OCH3 is 1. The van der Waals surface area contributed by atoms with E-state index in [1.165, 1.54) is 11.3 Å². The van der Waals surface area contributed by atoms with Crippen molar-refractivity contribution in [3.05, 3.63) is 48.0 Å². The Morgan fingerprint density at radius 2 is 2.03 bits per heavy atom. The summed E-state index contributed by atoms with van der Waals surface area (Å²) in [5.74, 6) is 0.654. The number of nitrogens with zero attached hydrogens (tertiary/aromatic N) is 1. The largest absolute Gasteiger partial charge is 0.494 e. The van der Waals surface area contributed by atoms with E-state index in [9.17, 15) is 4.79 Å². The molecule has 158 valence electrons. The van der Waals surface area contributed by atoms with E-state index < -0.39 is 0 Å². The van der Waals surface area contributed by atoms with Gasteiger partial charge in [-0.1, -0.05) is 18.2 Å². The molecule has 2 aromatic rings. The summed E-state index contributed by atoms with van der Waals surface area (Å²) in [7, 11) is 1.64. The first-order valence-corrected chi connectivity index (χ1v) is 10.6. The minimum absolute atomic E-state index is 0.0197. The number of morpholine rings is 1. The van der Waals surface area contributed by atoms with Gasteiger partial charge in [0.2, 0.25) is 5.91 Å². The monoisotopic (exact) mass is 408 g/mol. The molecule has 0 aromatic heterocycles. The van der Waals surface area contributed by atoms with E-state index >= 15 is 0 Å². The van der Waals surface area contributed by atoms with Crippen LogP contribution < -0.4 is 25.6 Å². The van der Waals surface area contributed by atoms with Crippen molar-refractivity contribution in [1.29, 1.82) is 0 Å². The number of amides is 1. The molecule has 30 heavy (non-hydrogen) atoms. The Labute approximate surface area is 176 Å². The third-order valence-corrected chi connectivity index (χ3v) is 6.53. The number of benzene rings is 2. The van der Waals surface area contributed by atoms with Gasteiger partial charge in [0, 0.05) is 49.0 Å². The summed E-state index contributed by atoms with van der Waals surface area (Å²) in [5, 5.41) is 10.0. The minimum Gasteiger partial charge on any atom is -0.494 e. The molecular formula is C23H28N4O3. The van der Waals surface area contributed by atoms with Crippen LogP contribution in [0.15, 0.2) is 42.5 Å². The first kappa shape index (κ1) is 19.2. The number of carbonyl (C=O) groups excluding carboxylic acids is 1. The number of hydrogen-bond donors (Lipinski definition) is 3. The van der Waals surface area contributed by atoms with Gasteiger partial charge in [-0.15, -0.1) is 0 Å². The maximum Gasteiger partial charge on any atom is 0.241 e. The van der Waals surface area contributed by atoms with Crippen LogP contribution in [-0.4, -0.2) is 58.5 Å². The highest BCUT2D eigenvalue weighted by Gasteiger charge is 2.46. The molecule has 0 aliphatic carbocycles. The maximum absolute atomic E-state index is 13.0. The number of rotatable bonds is 4. The molecule has 2 aromatic carbocycles. The predicted molar refractivity (Wildman–Crippen MR) is 118 cm³/mol. The maximum atomic E-state index is 13.0. The fourth-order valence-electron chi connectivity index (χ4n) is 4.86. The molecule has 3 heterocycles. The van der Waals surface area contributed by atoms with Crippen LogP contribution in [0.5, 0.6) is 5.75 Å². The summed E-state index contributed by atoms with van der Waals surface area (Å²) in [6, 6.07) is 14.1. The predicted octanol–water partition coefficient (Wildman–Crippen LogP) is 2.20. The van der Waals surface area contributed by atoms with Crippen LogP contribution in [0.2, 0.25) is 0 Å². The SMILES string of the molecule is COc1cc(N2CCOCC2)ccc1NC(=O)C1CC2(CNc3ccccc32)CN1. The summed E-state index contributed by atoms with van der Waals surface area (Å²) >= 11 is 0. The van der Waals surface area contributed by atoms with Crippen LogP contribution in [0.3, 0.4) is 0 Å². The number of para-hydroxylation sites is 1. The lowest BCUT2D eigenvalue weighted by Gasteiger charge is -2.29. The second kappa shape index (κ2) is 7.81. The fraction of sp³-hybridized carbons (Fsp3) is 0.435. The van der Waals surface area contributed by atoms with Gasteiger partial charge in [0.25, 0.3) is 0 Å². The Bertz CT molecular complexity index is 944. The van der Waals surface area contributed by atoms with E-state index in [2.05, 4.69) is 39.0 Å². The number of nitrogens with one attached hydrogen (secondary N) is 3. The van der Waals surface area contributed by atoms with Crippen molar-refractivity contribution in [3.63, 3.8) is 0 Å². The normalized spacial score (nSPS) is 25.1. The summed E-state index contributed by atoms with van der Waals surface area (Å²) in [5.41, 5.74) is 4.25. The molecule has 3 aliphatic rings. The summed E-state index contributed by atoms with van der Waals surface area (Å²) in [4.78, 5) is 15.3. The standard InChI is InChI=1S/C23H28N4O3/c1-29-21-12-16(27-8-10-30-11-9-27)6-7-19(21)26-22(28)20-13-23(15-25-20)14-24-18-5-3-2-4-17(18)23/h2-7,12,20,24-25H,8-11,13-15H2,1H3,(H,26,28). The highest BCUT2D eigenvalue weighted by Crippen LogP contribution is 2.42. The van der Waals surface area contributed by atoms with Gasteiger partial charge in [-0.25, -0.2) is 0 Å². The van der Waals surface area contributed by atoms with Gasteiger partial charge in [0.15, 0.2) is 0 Å². The summed E-state index contributed by atoms with van der Waals surface area (Å²) in [6.45, 7) is 4.83. The van der Waals surface area contributed by atoms with Gasteiger partial charge in [-0.3, -0.25) is 4.79 Å². The van der Waals surface area contributed by atoms with Crippen LogP contribution in [0, 0.1) is 0 Å². The second-order valence-electron chi connectivity index (χ2n) is 8.29. The number of fused-ring (bicyclic) bond motifs is 2. The second-order valence-corrected chi connectivity index (χ2v) is 8.29. The van der Waals surface area contributed by atoms with Gasteiger partial charge in [-0.2, -0.15) is 0 Å². The van der Waals surface area contributed by atoms with Crippen molar-refractivity contribution >= 4 is 23.0 Å². The van der Waals surface area contributed by atoms with Crippen LogP contribution in [0.4, 0.5) is 17.1 Å². The zero-order valence-electron chi connectivity index (χ0n) is 17.2. The topological polar surface area (TPSA) is 74.9 Å². The lowest BCUT2D eigenvalue weighted by Crippen LogP contribution is -2.36. The Morgan fingerprint density at radius 3 is 2.87 bits per heavy atom. The lowest BCUT2D eigenvalue weighted by molar-refractivity contribution is -0.117. The molecule has 1 amide bonds. The molecule has 1 spiro atoms. The molecule has 0 radical (unpaired) electrons. The van der Waals surface area contributed by atoms with E-state index in [0.717, 1.165) is 51.5 Å². The molecule has 7 heteroatoms. The van der Waals surface area contributed by atoms with Crippen molar-refractivity contribution in [3.8, 4) is 5.75 Å². The zero-order chi connectivity index (χ0) is 20.6. The van der Waals surface area contributed by atoms with Gasteiger partial charge >= 0.3 is 0 Å². The highest BCUT2D eigenvalue weighted by molar-refractivity contribution is 5.97. The van der Waals surface area contributed by atoms with Crippen molar-refractivity contribution in [2.45, 2.75) is 17.9 Å². The van der Waals surface area contributed by atoms with E-state index in [4.69, 9.17) is 9.47 Å². The highest BCUT2D eigenvalue weighted by atomic mass is 16.5. The first-order chi connectivity index (χ1) is 14.7. The molecule has 3 N–H and O–H groups in total. The Hall–Kier alpha value is -2.77. The Kier molecular flexibility index (Phi) is 5.00. The van der Waals surface area contributed by atoms with Crippen LogP contribution in [0.1, 0.15) is 12.0 Å². The molecule has 2 saturated heterocycles. The molecule has 0 saturated carbocycles. The average Bonchev–Trinajstić information content (AvgIpc) is 3.40. The van der Waals surface area contributed by atoms with Gasteiger partial charge in [0.05, 0.1) is 32.1 Å². The number of carbonyl (C=O) groups is 1. The zero-order valence-corrected chi connectivity index (χ0v) is 17.2. The first-order valence-electron chi connectivity index (χ1n) is 10.6. The molecule has 5 rings (SSSR count). The molecule has 0 bridgehead atoms. The van der Waals surface area contributed by atoms with Crippen molar-refractivity contribution < 1.29 is 14.3 Å². The molecule has 2 unspecified atom stereocenters. The average molecular weight is 409 g/mol.